The molecule has 0 atom stereocenters. The van der Waals surface area contributed by atoms with Gasteiger partial charge in [-0.3, -0.25) is 9.59 Å². The number of carbonyl (C=O) groups excluding carboxylic acids is 2. The number of nitrogens with zero attached hydrogens (tertiary/aromatic N) is 2. The first-order chi connectivity index (χ1) is 14.9. The van der Waals surface area contributed by atoms with Crippen LogP contribution in [-0.2, 0) is 22.7 Å². The van der Waals surface area contributed by atoms with Crippen molar-refractivity contribution in [3.05, 3.63) is 45.6 Å². The van der Waals surface area contributed by atoms with E-state index in [4.69, 9.17) is 9.47 Å². The summed E-state index contributed by atoms with van der Waals surface area (Å²) in [6.45, 7) is 9.81. The van der Waals surface area contributed by atoms with Crippen LogP contribution in [0.5, 0.6) is 11.5 Å². The summed E-state index contributed by atoms with van der Waals surface area (Å²) in [5.74, 6) is 1.28. The molecule has 0 aliphatic carbocycles. The third-order valence-electron chi connectivity index (χ3n) is 5.38. The number of aryl methyl sites for hydroxylation is 1. The van der Waals surface area contributed by atoms with Gasteiger partial charge in [0, 0.05) is 23.9 Å². The summed E-state index contributed by atoms with van der Waals surface area (Å²) in [6, 6.07) is 7.84. The Balaban J connectivity index is 1.79. The maximum absolute atomic E-state index is 13.4. The van der Waals surface area contributed by atoms with Crippen molar-refractivity contribution in [1.82, 2.24) is 9.80 Å². The van der Waals surface area contributed by atoms with Crippen molar-refractivity contribution in [3.63, 3.8) is 0 Å². The number of unbranched alkanes of at least 4 members (excludes halogenated alkanes) is 1. The number of amides is 2. The van der Waals surface area contributed by atoms with Crippen LogP contribution in [0.1, 0.15) is 49.6 Å². The van der Waals surface area contributed by atoms with Crippen LogP contribution in [-0.4, -0.2) is 41.5 Å². The molecule has 0 bridgehead atoms. The first kappa shape index (κ1) is 23.1. The van der Waals surface area contributed by atoms with Crippen LogP contribution in [0, 0.1) is 12.8 Å². The number of hydrogen-bond acceptors (Lipinski definition) is 5. The van der Waals surface area contributed by atoms with Gasteiger partial charge in [0.15, 0.2) is 11.5 Å². The molecular formula is C24H32N2O4S. The fraction of sp³-hybridized carbons (Fsp3) is 0.500. The van der Waals surface area contributed by atoms with Crippen LogP contribution in [0.25, 0.3) is 0 Å². The molecule has 31 heavy (non-hydrogen) atoms. The molecule has 0 N–H and O–H groups in total. The number of rotatable bonds is 10. The van der Waals surface area contributed by atoms with Crippen molar-refractivity contribution in [2.75, 3.05) is 19.9 Å². The molecule has 0 spiro atoms. The molecule has 0 unspecified atom stereocenters. The molecule has 1 aliphatic rings. The molecule has 1 aliphatic heterocycles. The highest BCUT2D eigenvalue weighted by atomic mass is 32.1. The minimum Gasteiger partial charge on any atom is -0.454 e. The van der Waals surface area contributed by atoms with Crippen LogP contribution in [0.2, 0.25) is 0 Å². The summed E-state index contributed by atoms with van der Waals surface area (Å²) >= 11 is 1.65. The van der Waals surface area contributed by atoms with E-state index in [-0.39, 0.29) is 31.1 Å². The van der Waals surface area contributed by atoms with Gasteiger partial charge >= 0.3 is 0 Å². The number of carbonyl (C=O) groups is 2. The van der Waals surface area contributed by atoms with E-state index in [9.17, 15) is 9.59 Å². The van der Waals surface area contributed by atoms with Crippen molar-refractivity contribution >= 4 is 23.2 Å². The Morgan fingerprint density at radius 1 is 1.10 bits per heavy atom. The second kappa shape index (κ2) is 10.7. The molecule has 3 rings (SSSR count). The van der Waals surface area contributed by atoms with Crippen LogP contribution in [0.3, 0.4) is 0 Å². The molecule has 0 radical (unpaired) electrons. The van der Waals surface area contributed by atoms with Crippen molar-refractivity contribution in [1.29, 1.82) is 0 Å². The van der Waals surface area contributed by atoms with Crippen molar-refractivity contribution < 1.29 is 19.1 Å². The van der Waals surface area contributed by atoms with Gasteiger partial charge in [-0.25, -0.2) is 0 Å². The molecule has 2 heterocycles. The summed E-state index contributed by atoms with van der Waals surface area (Å²) in [5, 5.41) is 2.05. The highest BCUT2D eigenvalue weighted by Crippen LogP contribution is 2.33. The number of fused-ring (bicyclic) bond motifs is 1. The van der Waals surface area contributed by atoms with Crippen LogP contribution < -0.4 is 9.47 Å². The Bertz CT molecular complexity index is 909. The molecular weight excluding hydrogens is 412 g/mol. The van der Waals surface area contributed by atoms with Crippen LogP contribution >= 0.6 is 11.3 Å². The van der Waals surface area contributed by atoms with E-state index < -0.39 is 0 Å². The second-order valence-corrected chi connectivity index (χ2v) is 9.23. The van der Waals surface area contributed by atoms with Gasteiger partial charge in [0.05, 0.1) is 13.1 Å². The van der Waals surface area contributed by atoms with E-state index >= 15 is 0 Å². The van der Waals surface area contributed by atoms with Gasteiger partial charge < -0.3 is 19.3 Å². The fourth-order valence-electron chi connectivity index (χ4n) is 3.48. The molecule has 0 saturated carbocycles. The monoisotopic (exact) mass is 444 g/mol. The standard InChI is InChI=1S/C24H32N2O4S/c1-5-6-10-25(24(28)17(2)3)15-23(27)26(14-22-18(4)9-11-31-22)13-19-7-8-20-21(12-19)30-16-29-20/h7-9,11-12,17H,5-6,10,13-16H2,1-4H3. The molecule has 0 fully saturated rings. The van der Waals surface area contributed by atoms with Crippen molar-refractivity contribution in [2.24, 2.45) is 5.92 Å². The van der Waals surface area contributed by atoms with E-state index in [0.717, 1.165) is 29.0 Å². The van der Waals surface area contributed by atoms with Crippen LogP contribution in [0.15, 0.2) is 29.6 Å². The third-order valence-corrected chi connectivity index (χ3v) is 6.39. The van der Waals surface area contributed by atoms with Crippen molar-refractivity contribution in [3.8, 4) is 11.5 Å². The normalized spacial score (nSPS) is 12.3. The predicted molar refractivity (Wildman–Crippen MR) is 122 cm³/mol. The van der Waals surface area contributed by atoms with Gasteiger partial charge in [-0.2, -0.15) is 0 Å². The van der Waals surface area contributed by atoms with E-state index in [0.29, 0.717) is 25.4 Å². The van der Waals surface area contributed by atoms with Crippen molar-refractivity contribution in [2.45, 2.75) is 53.6 Å². The Labute approximate surface area is 188 Å². The lowest BCUT2D eigenvalue weighted by Gasteiger charge is -2.29. The highest BCUT2D eigenvalue weighted by Gasteiger charge is 2.24. The van der Waals surface area contributed by atoms with E-state index in [1.165, 1.54) is 5.56 Å². The van der Waals surface area contributed by atoms with E-state index in [1.807, 2.05) is 42.3 Å². The lowest BCUT2D eigenvalue weighted by molar-refractivity contribution is -0.143. The minimum atomic E-state index is -0.133. The second-order valence-electron chi connectivity index (χ2n) is 8.23. The lowest BCUT2D eigenvalue weighted by Crippen LogP contribution is -2.44. The highest BCUT2D eigenvalue weighted by molar-refractivity contribution is 7.10. The zero-order valence-corrected chi connectivity index (χ0v) is 19.7. The Morgan fingerprint density at radius 2 is 1.87 bits per heavy atom. The zero-order chi connectivity index (χ0) is 22.4. The van der Waals surface area contributed by atoms with Gasteiger partial charge in [-0.15, -0.1) is 11.3 Å². The first-order valence-electron chi connectivity index (χ1n) is 10.9. The van der Waals surface area contributed by atoms with Gasteiger partial charge in [0.1, 0.15) is 0 Å². The molecule has 168 valence electrons. The average molecular weight is 445 g/mol. The van der Waals surface area contributed by atoms with E-state index in [1.54, 1.807) is 16.2 Å². The number of hydrogen-bond donors (Lipinski definition) is 0. The Hall–Kier alpha value is -2.54. The summed E-state index contributed by atoms with van der Waals surface area (Å²) in [6.07, 6.45) is 1.86. The van der Waals surface area contributed by atoms with Gasteiger partial charge in [-0.1, -0.05) is 33.3 Å². The molecule has 1 aromatic carbocycles. The maximum Gasteiger partial charge on any atom is 0.242 e. The Kier molecular flexibility index (Phi) is 7.96. The quantitative estimate of drug-likeness (QED) is 0.537. The molecule has 1 aromatic heterocycles. The fourth-order valence-corrected chi connectivity index (χ4v) is 4.40. The van der Waals surface area contributed by atoms with E-state index in [2.05, 4.69) is 19.9 Å². The number of benzene rings is 1. The molecule has 7 heteroatoms. The number of ether oxygens (including phenoxy) is 2. The van der Waals surface area contributed by atoms with Crippen LogP contribution in [0.4, 0.5) is 0 Å². The topological polar surface area (TPSA) is 59.1 Å². The number of thiophene rings is 1. The molecule has 0 saturated heterocycles. The first-order valence-corrected chi connectivity index (χ1v) is 11.7. The largest absolute Gasteiger partial charge is 0.454 e. The lowest BCUT2D eigenvalue weighted by atomic mass is 10.1. The zero-order valence-electron chi connectivity index (χ0n) is 18.8. The third kappa shape index (κ3) is 6.00. The smallest absolute Gasteiger partial charge is 0.242 e. The predicted octanol–water partition coefficient (Wildman–Crippen LogP) is 4.60. The van der Waals surface area contributed by atoms with Gasteiger partial charge in [-0.05, 0) is 48.1 Å². The molecule has 2 aromatic rings. The van der Waals surface area contributed by atoms with Gasteiger partial charge in [0.2, 0.25) is 18.6 Å². The summed E-state index contributed by atoms with van der Waals surface area (Å²) < 4.78 is 10.9. The summed E-state index contributed by atoms with van der Waals surface area (Å²) in [7, 11) is 0. The minimum absolute atomic E-state index is 0.0251. The van der Waals surface area contributed by atoms with Gasteiger partial charge in [0.25, 0.3) is 0 Å². The Morgan fingerprint density at radius 3 is 2.55 bits per heavy atom. The average Bonchev–Trinajstić information content (AvgIpc) is 3.38. The molecule has 2 amide bonds. The maximum atomic E-state index is 13.4. The summed E-state index contributed by atoms with van der Waals surface area (Å²) in [5.41, 5.74) is 2.15. The SMILES string of the molecule is CCCCN(CC(=O)N(Cc1ccc2c(c1)OCO2)Cc1sccc1C)C(=O)C(C)C. The summed E-state index contributed by atoms with van der Waals surface area (Å²) in [4.78, 5) is 30.8. The molecule has 6 nitrogen and oxygen atoms in total.